The second kappa shape index (κ2) is 7.64. The van der Waals surface area contributed by atoms with Gasteiger partial charge in [0.2, 0.25) is 10.0 Å². The summed E-state index contributed by atoms with van der Waals surface area (Å²) in [5, 5.41) is 11.6. The molecule has 0 unspecified atom stereocenters. The number of amides is 1. The van der Waals surface area contributed by atoms with Crippen molar-refractivity contribution >= 4 is 33.2 Å². The van der Waals surface area contributed by atoms with Gasteiger partial charge >= 0.3 is 0 Å². The van der Waals surface area contributed by atoms with Gasteiger partial charge in [-0.25, -0.2) is 12.8 Å². The molecule has 0 atom stereocenters. The quantitative estimate of drug-likeness (QED) is 0.841. The molecule has 6 nitrogen and oxygen atoms in total. The summed E-state index contributed by atoms with van der Waals surface area (Å²) in [5.74, 6) is -1.52. The Morgan fingerprint density at radius 2 is 1.89 bits per heavy atom. The number of hydrogen-bond acceptors (Lipinski definition) is 4. The van der Waals surface area contributed by atoms with E-state index in [0.717, 1.165) is 25.0 Å². The molecule has 2 aromatic carbocycles. The number of benzene rings is 2. The predicted molar refractivity (Wildman–Crippen MR) is 98.5 cm³/mol. The van der Waals surface area contributed by atoms with Crippen molar-refractivity contribution in [2.45, 2.75) is 17.7 Å². The van der Waals surface area contributed by atoms with Crippen LogP contribution in [0.15, 0.2) is 41.3 Å². The van der Waals surface area contributed by atoms with Gasteiger partial charge in [-0.2, -0.15) is 9.57 Å². The van der Waals surface area contributed by atoms with Gasteiger partial charge in [-0.05, 0) is 49.2 Å². The van der Waals surface area contributed by atoms with Crippen molar-refractivity contribution in [3.63, 3.8) is 0 Å². The molecule has 0 bridgehead atoms. The molecule has 0 aromatic heterocycles. The number of anilines is 1. The van der Waals surface area contributed by atoms with Gasteiger partial charge in [0.05, 0.1) is 10.6 Å². The number of sulfonamides is 1. The van der Waals surface area contributed by atoms with Gasteiger partial charge in [-0.15, -0.1) is 0 Å². The Kier molecular flexibility index (Phi) is 5.46. The van der Waals surface area contributed by atoms with E-state index in [0.29, 0.717) is 18.8 Å². The highest BCUT2D eigenvalue weighted by Crippen LogP contribution is 2.25. The third-order valence-electron chi connectivity index (χ3n) is 4.22. The average Bonchev–Trinajstić information content (AvgIpc) is 3.17. The van der Waals surface area contributed by atoms with E-state index >= 15 is 0 Å². The predicted octanol–water partition coefficient (Wildman–Crippen LogP) is 3.39. The van der Waals surface area contributed by atoms with Crippen molar-refractivity contribution < 1.29 is 17.6 Å². The molecule has 1 aliphatic rings. The highest BCUT2D eigenvalue weighted by molar-refractivity contribution is 7.89. The molecule has 27 heavy (non-hydrogen) atoms. The standard InChI is InChI=1S/C18H15ClFN3O3S/c19-15-10-14(5-3-13(15)11-21)22-18(24)12-4-6-16(20)17(9-12)27(25,26)23-7-1-2-8-23/h3-6,9-10H,1-2,7-8H2,(H,22,24). The smallest absolute Gasteiger partial charge is 0.255 e. The van der Waals surface area contributed by atoms with E-state index in [4.69, 9.17) is 16.9 Å². The highest BCUT2D eigenvalue weighted by atomic mass is 35.5. The van der Waals surface area contributed by atoms with Crippen LogP contribution >= 0.6 is 11.6 Å². The summed E-state index contributed by atoms with van der Waals surface area (Å²) in [6.07, 6.45) is 1.45. The average molecular weight is 408 g/mol. The number of carbonyl (C=O) groups is 1. The van der Waals surface area contributed by atoms with E-state index in [2.05, 4.69) is 5.32 Å². The summed E-state index contributed by atoms with van der Waals surface area (Å²) in [4.78, 5) is 11.9. The number of nitrogens with zero attached hydrogens (tertiary/aromatic N) is 2. The summed E-state index contributed by atoms with van der Waals surface area (Å²) in [7, 11) is -3.99. The molecule has 3 rings (SSSR count). The Morgan fingerprint density at radius 1 is 1.19 bits per heavy atom. The lowest BCUT2D eigenvalue weighted by molar-refractivity contribution is 0.102. The first kappa shape index (κ1) is 19.3. The molecule has 1 heterocycles. The molecule has 0 spiro atoms. The third-order valence-corrected chi connectivity index (χ3v) is 6.45. The van der Waals surface area contributed by atoms with Crippen molar-refractivity contribution in [2.24, 2.45) is 0 Å². The topological polar surface area (TPSA) is 90.3 Å². The number of nitriles is 1. The van der Waals surface area contributed by atoms with Crippen molar-refractivity contribution in [2.75, 3.05) is 18.4 Å². The minimum Gasteiger partial charge on any atom is -0.322 e. The van der Waals surface area contributed by atoms with Crippen LogP contribution in [-0.4, -0.2) is 31.7 Å². The SMILES string of the molecule is N#Cc1ccc(NC(=O)c2ccc(F)c(S(=O)(=O)N3CCCC3)c2)cc1Cl. The molecule has 140 valence electrons. The van der Waals surface area contributed by atoms with Gasteiger partial charge in [0.15, 0.2) is 0 Å². The number of hydrogen-bond donors (Lipinski definition) is 1. The van der Waals surface area contributed by atoms with Crippen LogP contribution in [-0.2, 0) is 10.0 Å². The fraction of sp³-hybridized carbons (Fsp3) is 0.222. The molecule has 1 N–H and O–H groups in total. The Morgan fingerprint density at radius 3 is 2.52 bits per heavy atom. The number of carbonyl (C=O) groups excluding carboxylic acids is 1. The zero-order valence-electron chi connectivity index (χ0n) is 14.1. The lowest BCUT2D eigenvalue weighted by Gasteiger charge is -2.16. The molecule has 1 amide bonds. The fourth-order valence-corrected chi connectivity index (χ4v) is 4.63. The van der Waals surface area contributed by atoms with Gasteiger partial charge < -0.3 is 5.32 Å². The molecule has 2 aromatic rings. The summed E-state index contributed by atoms with van der Waals surface area (Å²) >= 11 is 5.93. The van der Waals surface area contributed by atoms with Crippen LogP contribution in [0.5, 0.6) is 0 Å². The maximum Gasteiger partial charge on any atom is 0.255 e. The maximum atomic E-state index is 14.2. The van der Waals surface area contributed by atoms with Crippen molar-refractivity contribution in [3.05, 3.63) is 58.4 Å². The second-order valence-electron chi connectivity index (χ2n) is 6.02. The van der Waals surface area contributed by atoms with E-state index in [1.165, 1.54) is 28.6 Å². The zero-order chi connectivity index (χ0) is 19.6. The van der Waals surface area contributed by atoms with E-state index in [-0.39, 0.29) is 16.1 Å². The summed E-state index contributed by atoms with van der Waals surface area (Å²) in [5.41, 5.74) is 0.586. The molecule has 0 saturated carbocycles. The Hall–Kier alpha value is -2.47. The third kappa shape index (κ3) is 3.95. The van der Waals surface area contributed by atoms with Crippen LogP contribution in [0.1, 0.15) is 28.8 Å². The first-order valence-corrected chi connectivity index (χ1v) is 9.95. The van der Waals surface area contributed by atoms with E-state index in [1.807, 2.05) is 6.07 Å². The summed E-state index contributed by atoms with van der Waals surface area (Å²) in [6, 6.07) is 9.46. The molecule has 1 saturated heterocycles. The monoisotopic (exact) mass is 407 g/mol. The van der Waals surface area contributed by atoms with Gasteiger partial charge in [0, 0.05) is 24.3 Å². The van der Waals surface area contributed by atoms with Gasteiger partial charge in [0.1, 0.15) is 16.8 Å². The highest BCUT2D eigenvalue weighted by Gasteiger charge is 2.30. The lowest BCUT2D eigenvalue weighted by Crippen LogP contribution is -2.29. The van der Waals surface area contributed by atoms with Crippen LogP contribution in [0, 0.1) is 17.1 Å². The Balaban J connectivity index is 1.88. The van der Waals surface area contributed by atoms with Gasteiger partial charge in [-0.3, -0.25) is 4.79 Å². The number of rotatable bonds is 4. The molecular weight excluding hydrogens is 393 g/mol. The fourth-order valence-electron chi connectivity index (χ4n) is 2.80. The molecule has 0 radical (unpaired) electrons. The van der Waals surface area contributed by atoms with Crippen LogP contribution in [0.2, 0.25) is 5.02 Å². The minimum absolute atomic E-state index is 0.00495. The Labute approximate surface area is 161 Å². The lowest BCUT2D eigenvalue weighted by atomic mass is 10.2. The molecular formula is C18H15ClFN3O3S. The zero-order valence-corrected chi connectivity index (χ0v) is 15.6. The van der Waals surface area contributed by atoms with Crippen LogP contribution in [0.4, 0.5) is 10.1 Å². The Bertz CT molecular complexity index is 1040. The molecule has 1 aliphatic heterocycles. The minimum atomic E-state index is -3.99. The summed E-state index contributed by atoms with van der Waals surface area (Å²) in [6.45, 7) is 0.671. The van der Waals surface area contributed by atoms with Crippen molar-refractivity contribution in [1.82, 2.24) is 4.31 Å². The normalized spacial score (nSPS) is 14.7. The second-order valence-corrected chi connectivity index (χ2v) is 8.33. The van der Waals surface area contributed by atoms with E-state index < -0.39 is 26.6 Å². The van der Waals surface area contributed by atoms with Crippen LogP contribution in [0.25, 0.3) is 0 Å². The van der Waals surface area contributed by atoms with Gasteiger partial charge in [-0.1, -0.05) is 11.6 Å². The molecule has 0 aliphatic carbocycles. The van der Waals surface area contributed by atoms with Gasteiger partial charge in [0.25, 0.3) is 5.91 Å². The van der Waals surface area contributed by atoms with Crippen LogP contribution < -0.4 is 5.32 Å². The van der Waals surface area contributed by atoms with Crippen molar-refractivity contribution in [1.29, 1.82) is 5.26 Å². The van der Waals surface area contributed by atoms with Crippen molar-refractivity contribution in [3.8, 4) is 6.07 Å². The largest absolute Gasteiger partial charge is 0.322 e. The number of halogens is 2. The van der Waals surface area contributed by atoms with E-state index in [1.54, 1.807) is 0 Å². The first-order valence-electron chi connectivity index (χ1n) is 8.13. The first-order chi connectivity index (χ1) is 12.8. The maximum absolute atomic E-state index is 14.2. The van der Waals surface area contributed by atoms with E-state index in [9.17, 15) is 17.6 Å². The molecule has 1 fully saturated rings. The van der Waals surface area contributed by atoms with Crippen LogP contribution in [0.3, 0.4) is 0 Å². The molecule has 9 heteroatoms. The number of nitrogens with one attached hydrogen (secondary N) is 1. The summed E-state index contributed by atoms with van der Waals surface area (Å²) < 4.78 is 40.6.